The molecule has 19 heavy (non-hydrogen) atoms. The van der Waals surface area contributed by atoms with Crippen LogP contribution in [0, 0.1) is 0 Å². The molecule has 0 spiro atoms. The number of rotatable bonds is 3. The Bertz CT molecular complexity index is 623. The highest BCUT2D eigenvalue weighted by Gasteiger charge is 2.16. The van der Waals surface area contributed by atoms with Crippen LogP contribution in [0.5, 0.6) is 0 Å². The fourth-order valence-electron chi connectivity index (χ4n) is 1.39. The Morgan fingerprint density at radius 3 is 2.79 bits per heavy atom. The first-order valence-electron chi connectivity index (χ1n) is 5.19. The van der Waals surface area contributed by atoms with Crippen LogP contribution in [0.3, 0.4) is 0 Å². The minimum atomic E-state index is -0.583. The van der Waals surface area contributed by atoms with Crippen LogP contribution in [0.15, 0.2) is 28.9 Å². The predicted molar refractivity (Wildman–Crippen MR) is 64.4 cm³/mol. The number of esters is 1. The van der Waals surface area contributed by atoms with Gasteiger partial charge in [0.2, 0.25) is 11.5 Å². The van der Waals surface area contributed by atoms with Gasteiger partial charge < -0.3 is 15.8 Å². The van der Waals surface area contributed by atoms with E-state index in [9.17, 15) is 9.59 Å². The molecule has 2 aromatic rings. The molecule has 1 heterocycles. The number of hydrogen-bond donors (Lipinski definition) is 2. The summed E-state index contributed by atoms with van der Waals surface area (Å²) in [5.41, 5.74) is 5.98. The second-order valence-electron chi connectivity index (χ2n) is 3.52. The van der Waals surface area contributed by atoms with Crippen molar-refractivity contribution in [2.75, 3.05) is 18.2 Å². The number of hydrogen-bond acceptors (Lipinski definition) is 7. The van der Waals surface area contributed by atoms with Crippen molar-refractivity contribution < 1.29 is 19.0 Å². The van der Waals surface area contributed by atoms with E-state index in [4.69, 9.17) is 5.73 Å². The van der Waals surface area contributed by atoms with Gasteiger partial charge in [0, 0.05) is 5.69 Å². The standard InChI is InChI=1S/C11H10N4O4/c1-18-11(17)6-3-2-4-7(5-6)13-10(16)8-9(12)15-19-14-8/h2-5H,1H3,(H2,12,15)(H,13,16). The lowest BCUT2D eigenvalue weighted by molar-refractivity contribution is 0.0600. The molecule has 0 unspecified atom stereocenters. The minimum Gasteiger partial charge on any atom is -0.465 e. The highest BCUT2D eigenvalue weighted by atomic mass is 16.6. The lowest BCUT2D eigenvalue weighted by atomic mass is 10.2. The highest BCUT2D eigenvalue weighted by molar-refractivity contribution is 6.06. The first kappa shape index (κ1) is 12.6. The number of nitrogens with zero attached hydrogens (tertiary/aromatic N) is 2. The summed E-state index contributed by atoms with van der Waals surface area (Å²) in [5.74, 6) is -1.19. The Hall–Kier alpha value is -2.90. The van der Waals surface area contributed by atoms with E-state index in [2.05, 4.69) is 25.0 Å². The molecule has 0 aliphatic carbocycles. The lowest BCUT2D eigenvalue weighted by Gasteiger charge is -2.05. The third-order valence-corrected chi connectivity index (χ3v) is 2.27. The normalized spacial score (nSPS) is 9.95. The van der Waals surface area contributed by atoms with Crippen LogP contribution in [0.25, 0.3) is 0 Å². The number of methoxy groups -OCH3 is 1. The number of nitrogens with one attached hydrogen (secondary N) is 1. The maximum Gasteiger partial charge on any atom is 0.337 e. The molecule has 1 aromatic heterocycles. The van der Waals surface area contributed by atoms with Crippen molar-refractivity contribution in [3.63, 3.8) is 0 Å². The fraction of sp³-hybridized carbons (Fsp3) is 0.0909. The Kier molecular flexibility index (Phi) is 3.42. The average molecular weight is 262 g/mol. The maximum atomic E-state index is 11.8. The summed E-state index contributed by atoms with van der Waals surface area (Å²) in [6, 6.07) is 6.24. The molecule has 0 aliphatic rings. The minimum absolute atomic E-state index is 0.110. The van der Waals surface area contributed by atoms with Gasteiger partial charge in [0.15, 0.2) is 0 Å². The molecule has 0 saturated heterocycles. The van der Waals surface area contributed by atoms with E-state index < -0.39 is 11.9 Å². The third-order valence-electron chi connectivity index (χ3n) is 2.27. The number of anilines is 2. The van der Waals surface area contributed by atoms with Crippen molar-refractivity contribution in [2.24, 2.45) is 0 Å². The van der Waals surface area contributed by atoms with E-state index in [1.807, 2.05) is 0 Å². The molecular weight excluding hydrogens is 252 g/mol. The molecule has 8 nitrogen and oxygen atoms in total. The van der Waals surface area contributed by atoms with Crippen molar-refractivity contribution in [1.82, 2.24) is 10.3 Å². The van der Waals surface area contributed by atoms with Gasteiger partial charge in [-0.1, -0.05) is 6.07 Å². The Morgan fingerprint density at radius 1 is 1.37 bits per heavy atom. The molecule has 2 rings (SSSR count). The summed E-state index contributed by atoms with van der Waals surface area (Å²) in [6.07, 6.45) is 0. The second kappa shape index (κ2) is 5.17. The van der Waals surface area contributed by atoms with Crippen molar-refractivity contribution in [3.8, 4) is 0 Å². The van der Waals surface area contributed by atoms with Gasteiger partial charge in [-0.25, -0.2) is 9.42 Å². The largest absolute Gasteiger partial charge is 0.465 e. The molecule has 0 atom stereocenters. The summed E-state index contributed by atoms with van der Waals surface area (Å²) < 4.78 is 8.90. The number of amides is 1. The molecule has 98 valence electrons. The van der Waals surface area contributed by atoms with Gasteiger partial charge in [0.1, 0.15) is 0 Å². The number of carbonyl (C=O) groups excluding carboxylic acids is 2. The smallest absolute Gasteiger partial charge is 0.337 e. The summed E-state index contributed by atoms with van der Waals surface area (Å²) in [6.45, 7) is 0. The van der Waals surface area contributed by atoms with E-state index in [1.165, 1.54) is 13.2 Å². The maximum absolute atomic E-state index is 11.8. The molecule has 1 aromatic carbocycles. The molecular formula is C11H10N4O4. The first-order chi connectivity index (χ1) is 9.11. The van der Waals surface area contributed by atoms with Crippen LogP contribution in [0.4, 0.5) is 11.5 Å². The van der Waals surface area contributed by atoms with Crippen LogP contribution in [0.1, 0.15) is 20.8 Å². The Morgan fingerprint density at radius 2 is 2.16 bits per heavy atom. The zero-order chi connectivity index (χ0) is 13.8. The molecule has 8 heteroatoms. The SMILES string of the molecule is COC(=O)c1cccc(NC(=O)c2nonc2N)c1. The summed E-state index contributed by atoms with van der Waals surface area (Å²) in [5, 5.41) is 9.18. The van der Waals surface area contributed by atoms with Gasteiger partial charge in [0.25, 0.3) is 5.91 Å². The van der Waals surface area contributed by atoms with E-state index in [0.717, 1.165) is 0 Å². The third kappa shape index (κ3) is 2.68. The van der Waals surface area contributed by atoms with Gasteiger partial charge in [-0.05, 0) is 28.5 Å². The molecule has 0 bridgehead atoms. The average Bonchev–Trinajstić information content (AvgIpc) is 2.84. The van der Waals surface area contributed by atoms with E-state index in [-0.39, 0.29) is 11.5 Å². The number of nitrogen functional groups attached to an aromatic ring is 1. The molecule has 3 N–H and O–H groups in total. The van der Waals surface area contributed by atoms with Crippen molar-refractivity contribution in [2.45, 2.75) is 0 Å². The van der Waals surface area contributed by atoms with Gasteiger partial charge in [-0.3, -0.25) is 4.79 Å². The quantitative estimate of drug-likeness (QED) is 0.780. The van der Waals surface area contributed by atoms with E-state index in [1.54, 1.807) is 18.2 Å². The van der Waals surface area contributed by atoms with E-state index >= 15 is 0 Å². The Labute approximate surface area is 107 Å². The second-order valence-corrected chi connectivity index (χ2v) is 3.52. The van der Waals surface area contributed by atoms with Crippen molar-refractivity contribution in [1.29, 1.82) is 0 Å². The molecule has 0 saturated carbocycles. The topological polar surface area (TPSA) is 120 Å². The van der Waals surface area contributed by atoms with Crippen LogP contribution in [-0.4, -0.2) is 29.3 Å². The summed E-state index contributed by atoms with van der Waals surface area (Å²) in [4.78, 5) is 23.1. The van der Waals surface area contributed by atoms with Gasteiger partial charge in [-0.15, -0.1) is 0 Å². The van der Waals surface area contributed by atoms with E-state index in [0.29, 0.717) is 11.3 Å². The zero-order valence-corrected chi connectivity index (χ0v) is 9.91. The van der Waals surface area contributed by atoms with Crippen molar-refractivity contribution >= 4 is 23.4 Å². The summed E-state index contributed by atoms with van der Waals surface area (Å²) >= 11 is 0. The predicted octanol–water partition coefficient (Wildman–Crippen LogP) is 0.691. The van der Waals surface area contributed by atoms with Crippen LogP contribution in [0.2, 0.25) is 0 Å². The zero-order valence-electron chi connectivity index (χ0n) is 9.91. The fourth-order valence-corrected chi connectivity index (χ4v) is 1.39. The number of carbonyl (C=O) groups is 2. The van der Waals surface area contributed by atoms with Gasteiger partial charge in [-0.2, -0.15) is 0 Å². The number of ether oxygens (including phenoxy) is 1. The molecule has 0 radical (unpaired) electrons. The van der Waals surface area contributed by atoms with Crippen LogP contribution >= 0.6 is 0 Å². The first-order valence-corrected chi connectivity index (χ1v) is 5.19. The van der Waals surface area contributed by atoms with Crippen LogP contribution < -0.4 is 11.1 Å². The monoisotopic (exact) mass is 262 g/mol. The number of aromatic nitrogens is 2. The van der Waals surface area contributed by atoms with Crippen LogP contribution in [-0.2, 0) is 4.74 Å². The van der Waals surface area contributed by atoms with Crippen molar-refractivity contribution in [3.05, 3.63) is 35.5 Å². The van der Waals surface area contributed by atoms with Gasteiger partial charge >= 0.3 is 5.97 Å². The number of benzene rings is 1. The lowest BCUT2D eigenvalue weighted by Crippen LogP contribution is -2.14. The molecule has 1 amide bonds. The summed E-state index contributed by atoms with van der Waals surface area (Å²) in [7, 11) is 1.27. The molecule has 0 aliphatic heterocycles. The highest BCUT2D eigenvalue weighted by Crippen LogP contribution is 2.14. The Balaban J connectivity index is 2.18. The number of nitrogens with two attached hydrogens (primary N) is 1. The van der Waals surface area contributed by atoms with Gasteiger partial charge in [0.05, 0.1) is 12.7 Å². The molecule has 0 fully saturated rings.